The summed E-state index contributed by atoms with van der Waals surface area (Å²) in [4.78, 5) is 4.79. The zero-order chi connectivity index (χ0) is 29.7. The van der Waals surface area contributed by atoms with Gasteiger partial charge in [-0.25, -0.2) is 8.78 Å². The van der Waals surface area contributed by atoms with Crippen LogP contribution in [0.4, 0.5) is 35.1 Å². The van der Waals surface area contributed by atoms with E-state index in [4.69, 9.17) is 5.41 Å². The summed E-state index contributed by atoms with van der Waals surface area (Å²) >= 11 is 0. The van der Waals surface area contributed by atoms with E-state index in [-0.39, 0.29) is 43.5 Å². The number of guanidine groups is 1. The summed E-state index contributed by atoms with van der Waals surface area (Å²) < 4.78 is 108. The molecule has 0 bridgehead atoms. The summed E-state index contributed by atoms with van der Waals surface area (Å²) in [6.07, 6.45) is -8.40. The van der Waals surface area contributed by atoms with E-state index in [1.165, 1.54) is 4.90 Å². The van der Waals surface area contributed by atoms with Gasteiger partial charge in [0, 0.05) is 19.6 Å². The molecule has 7 nitrogen and oxygen atoms in total. The molecule has 236 valence electrons. The lowest BCUT2D eigenvalue weighted by molar-refractivity contribution is -0.201. The second-order valence-electron chi connectivity index (χ2n) is 12.6. The van der Waals surface area contributed by atoms with Crippen molar-refractivity contribution < 1.29 is 35.1 Å². The lowest BCUT2D eigenvalue weighted by Gasteiger charge is -2.46. The molecule has 3 saturated heterocycles. The largest absolute Gasteiger partial charge is 0.405 e. The summed E-state index contributed by atoms with van der Waals surface area (Å²) in [5.41, 5.74) is 0. The van der Waals surface area contributed by atoms with Crippen molar-refractivity contribution in [2.24, 2.45) is 23.7 Å². The van der Waals surface area contributed by atoms with Gasteiger partial charge in [0.05, 0.1) is 30.8 Å². The van der Waals surface area contributed by atoms with Crippen LogP contribution in [0.1, 0.15) is 51.4 Å². The molecule has 3 aliphatic heterocycles. The van der Waals surface area contributed by atoms with Gasteiger partial charge < -0.3 is 9.80 Å². The number of nitrogens with one attached hydrogen (secondary N) is 4. The second-order valence-corrected chi connectivity index (χ2v) is 12.6. The number of fused-ring (bicyclic) bond motifs is 1. The molecule has 2 saturated carbocycles. The van der Waals surface area contributed by atoms with Crippen LogP contribution in [-0.2, 0) is 0 Å². The van der Waals surface area contributed by atoms with Crippen molar-refractivity contribution >= 4 is 5.96 Å². The number of halogens is 8. The molecule has 5 fully saturated rings. The van der Waals surface area contributed by atoms with Gasteiger partial charge in [-0.2, -0.15) is 26.3 Å². The molecule has 5 rings (SSSR count). The summed E-state index contributed by atoms with van der Waals surface area (Å²) in [7, 11) is 1.69. The topological polar surface area (TPSA) is 69.7 Å². The highest BCUT2D eigenvalue weighted by Gasteiger charge is 2.53. The van der Waals surface area contributed by atoms with Crippen molar-refractivity contribution in [3.8, 4) is 0 Å². The van der Waals surface area contributed by atoms with Crippen LogP contribution in [0.2, 0.25) is 0 Å². The van der Waals surface area contributed by atoms with Crippen LogP contribution in [0, 0.1) is 29.1 Å². The van der Waals surface area contributed by atoms with E-state index in [0.717, 1.165) is 0 Å². The van der Waals surface area contributed by atoms with Crippen molar-refractivity contribution in [2.75, 3.05) is 33.2 Å². The van der Waals surface area contributed by atoms with Gasteiger partial charge in [0.25, 0.3) is 6.43 Å². The summed E-state index contributed by atoms with van der Waals surface area (Å²) in [5, 5.41) is 17.9. The number of rotatable bonds is 6. The first kappa shape index (κ1) is 31.0. The molecule has 0 amide bonds. The molecule has 7 unspecified atom stereocenters. The molecule has 0 aromatic carbocycles. The molecule has 41 heavy (non-hydrogen) atoms. The fourth-order valence-corrected chi connectivity index (χ4v) is 8.00. The fraction of sp³-hybridized carbons (Fsp3) is 0.962. The zero-order valence-corrected chi connectivity index (χ0v) is 23.1. The summed E-state index contributed by atoms with van der Waals surface area (Å²) in [5.74, 6) is -2.05. The van der Waals surface area contributed by atoms with Crippen LogP contribution < -0.4 is 16.0 Å². The monoisotopic (exact) mass is 603 g/mol. The molecule has 5 aliphatic rings. The Morgan fingerprint density at radius 3 is 2.17 bits per heavy atom. The van der Waals surface area contributed by atoms with Gasteiger partial charge in [-0.3, -0.25) is 26.3 Å². The predicted octanol–water partition coefficient (Wildman–Crippen LogP) is 3.98. The zero-order valence-electron chi connectivity index (χ0n) is 23.1. The minimum atomic E-state index is -4.32. The first-order chi connectivity index (χ1) is 19.2. The van der Waals surface area contributed by atoms with Gasteiger partial charge in [-0.1, -0.05) is 12.8 Å². The van der Waals surface area contributed by atoms with E-state index in [9.17, 15) is 35.1 Å². The third-order valence-corrected chi connectivity index (χ3v) is 10.0. The summed E-state index contributed by atoms with van der Waals surface area (Å²) in [6.45, 7) is -0.147. The molecule has 3 heterocycles. The second kappa shape index (κ2) is 11.9. The van der Waals surface area contributed by atoms with Crippen LogP contribution in [0.3, 0.4) is 0 Å². The van der Waals surface area contributed by atoms with E-state index >= 15 is 0 Å². The Balaban J connectivity index is 1.24. The minimum Gasteiger partial charge on any atom is -0.330 e. The van der Waals surface area contributed by atoms with Crippen LogP contribution in [0.25, 0.3) is 0 Å². The first-order valence-corrected chi connectivity index (χ1v) is 14.7. The minimum absolute atomic E-state index is 0.0386. The van der Waals surface area contributed by atoms with Crippen LogP contribution >= 0.6 is 0 Å². The Hall–Kier alpha value is -1.45. The maximum Gasteiger partial charge on any atom is 0.405 e. The smallest absolute Gasteiger partial charge is 0.330 e. The van der Waals surface area contributed by atoms with Crippen molar-refractivity contribution in [3.05, 3.63) is 0 Å². The van der Waals surface area contributed by atoms with E-state index in [1.54, 1.807) is 16.8 Å². The van der Waals surface area contributed by atoms with Gasteiger partial charge in [0.1, 0.15) is 12.2 Å². The Kier molecular flexibility index (Phi) is 9.00. The van der Waals surface area contributed by atoms with Crippen LogP contribution in [0.15, 0.2) is 0 Å². The molecule has 7 atom stereocenters. The maximum atomic E-state index is 13.9. The Labute approximate surface area is 235 Å². The predicted molar refractivity (Wildman–Crippen MR) is 136 cm³/mol. The van der Waals surface area contributed by atoms with E-state index in [1.807, 2.05) is 0 Å². The van der Waals surface area contributed by atoms with Crippen molar-refractivity contribution in [1.29, 1.82) is 5.41 Å². The van der Waals surface area contributed by atoms with Crippen molar-refractivity contribution in [2.45, 2.75) is 101 Å². The molecular weight excluding hydrogens is 562 g/mol. The molecule has 0 aromatic heterocycles. The van der Waals surface area contributed by atoms with Gasteiger partial charge in [0.15, 0.2) is 5.96 Å². The van der Waals surface area contributed by atoms with Gasteiger partial charge in [-0.05, 0) is 63.3 Å². The van der Waals surface area contributed by atoms with E-state index in [2.05, 4.69) is 16.0 Å². The molecule has 2 aliphatic carbocycles. The third-order valence-electron chi connectivity index (χ3n) is 10.0. The fourth-order valence-electron chi connectivity index (χ4n) is 8.00. The number of alkyl halides is 8. The third kappa shape index (κ3) is 6.57. The lowest BCUT2D eigenvalue weighted by atomic mass is 9.76. The van der Waals surface area contributed by atoms with Gasteiger partial charge in [-0.15, -0.1) is 0 Å². The van der Waals surface area contributed by atoms with Crippen LogP contribution in [0.5, 0.6) is 0 Å². The highest BCUT2D eigenvalue weighted by Crippen LogP contribution is 2.44. The average molecular weight is 604 g/mol. The number of hydrogen-bond acceptors (Lipinski definition) is 5. The van der Waals surface area contributed by atoms with Crippen molar-refractivity contribution in [3.63, 3.8) is 0 Å². The standard InChI is InChI=1S/C26H41F8N7/c1-39-12-19(26(32,33)34)37-22(39)15-8-6-14(7-9-15)11-41-23-18(40(24(41)35)13-20(27)28)10-36-21(38-23)16-4-2-3-5-17(16)25(29,30)31/h14-23,35-38H,2-13H2,1H3. The average Bonchev–Trinajstić information content (AvgIpc) is 3.42. The SMILES string of the molecule is CN1CC(C(F)(F)F)NC1C1CCC(CN2C(=N)N(CC(F)F)C3CNC(C4CCCCC4C(F)(F)F)NC32)CC1. The number of likely N-dealkylation sites (N-methyl/N-ethyl adjacent to an activating group) is 1. The quantitative estimate of drug-likeness (QED) is 0.345. The van der Waals surface area contributed by atoms with E-state index < -0.39 is 61.6 Å². The molecule has 15 heteroatoms. The number of hydrogen-bond donors (Lipinski definition) is 4. The molecule has 0 aromatic rings. The highest BCUT2D eigenvalue weighted by molar-refractivity contribution is 5.80. The lowest BCUT2D eigenvalue weighted by Crippen LogP contribution is -2.68. The Morgan fingerprint density at radius 2 is 1.56 bits per heavy atom. The molecule has 0 spiro atoms. The molecular formula is C26H41F8N7. The maximum absolute atomic E-state index is 13.9. The Morgan fingerprint density at radius 1 is 0.878 bits per heavy atom. The molecule has 0 radical (unpaired) electrons. The normalized spacial score (nSPS) is 39.6. The molecule has 4 N–H and O–H groups in total. The first-order valence-electron chi connectivity index (χ1n) is 14.7. The van der Waals surface area contributed by atoms with Gasteiger partial charge >= 0.3 is 12.4 Å². The van der Waals surface area contributed by atoms with Crippen LogP contribution in [-0.4, -0.2) is 103 Å². The highest BCUT2D eigenvalue weighted by atomic mass is 19.4. The van der Waals surface area contributed by atoms with E-state index in [0.29, 0.717) is 51.5 Å². The summed E-state index contributed by atoms with van der Waals surface area (Å²) in [6, 6.07) is -2.08. The Bertz CT molecular complexity index is 909. The van der Waals surface area contributed by atoms with Crippen molar-refractivity contribution in [1.82, 2.24) is 30.7 Å². The van der Waals surface area contributed by atoms with Gasteiger partial charge in [0.2, 0.25) is 0 Å². The number of nitrogens with zero attached hydrogens (tertiary/aromatic N) is 3.